The molecule has 0 radical (unpaired) electrons. The van der Waals surface area contributed by atoms with Crippen LogP contribution in [-0.4, -0.2) is 27.6 Å². The van der Waals surface area contributed by atoms with Crippen molar-refractivity contribution in [2.45, 2.75) is 71.4 Å². The molecule has 1 saturated heterocycles. The Morgan fingerprint density at radius 1 is 1.33 bits per heavy atom. The van der Waals surface area contributed by atoms with Crippen molar-refractivity contribution in [2.75, 3.05) is 6.54 Å². The average Bonchev–Trinajstić information content (AvgIpc) is 2.84. The van der Waals surface area contributed by atoms with E-state index in [0.717, 1.165) is 31.1 Å². The molecule has 0 aromatic carbocycles. The molecule has 4 nitrogen and oxygen atoms in total. The molecule has 1 unspecified atom stereocenters. The lowest BCUT2D eigenvalue weighted by Gasteiger charge is -2.33. The highest BCUT2D eigenvalue weighted by Crippen LogP contribution is 2.21. The number of likely N-dealkylation sites (tertiary alicyclic amines) is 1. The largest absolute Gasteiger partial charge is 0.338 e. The standard InChI is InChI=1S/C14H25N3O/c1-3-5-9-13-15-14(18-16-13)11-17-10-7-6-8-12(17)4-2/h12H,3-11H2,1-2H3. The van der Waals surface area contributed by atoms with Gasteiger partial charge in [-0.2, -0.15) is 4.98 Å². The molecule has 2 heterocycles. The van der Waals surface area contributed by atoms with E-state index in [1.54, 1.807) is 0 Å². The van der Waals surface area contributed by atoms with E-state index in [-0.39, 0.29) is 0 Å². The Morgan fingerprint density at radius 2 is 2.22 bits per heavy atom. The van der Waals surface area contributed by atoms with Crippen LogP contribution in [0, 0.1) is 0 Å². The van der Waals surface area contributed by atoms with Crippen molar-refractivity contribution in [1.29, 1.82) is 0 Å². The highest BCUT2D eigenvalue weighted by Gasteiger charge is 2.22. The van der Waals surface area contributed by atoms with Crippen LogP contribution in [0.2, 0.25) is 0 Å². The summed E-state index contributed by atoms with van der Waals surface area (Å²) in [5, 5.41) is 4.06. The van der Waals surface area contributed by atoms with Gasteiger partial charge in [0.25, 0.3) is 0 Å². The molecule has 1 aromatic heterocycles. The van der Waals surface area contributed by atoms with Crippen LogP contribution < -0.4 is 0 Å². The zero-order chi connectivity index (χ0) is 12.8. The van der Waals surface area contributed by atoms with Crippen molar-refractivity contribution in [3.05, 3.63) is 11.7 Å². The van der Waals surface area contributed by atoms with Gasteiger partial charge in [-0.25, -0.2) is 0 Å². The van der Waals surface area contributed by atoms with Crippen molar-refractivity contribution < 1.29 is 4.52 Å². The third-order valence-corrected chi connectivity index (χ3v) is 3.82. The van der Waals surface area contributed by atoms with Crippen LogP contribution in [0.25, 0.3) is 0 Å². The van der Waals surface area contributed by atoms with Crippen LogP contribution in [0.4, 0.5) is 0 Å². The lowest BCUT2D eigenvalue weighted by molar-refractivity contribution is 0.120. The van der Waals surface area contributed by atoms with Crippen molar-refractivity contribution in [2.24, 2.45) is 0 Å². The molecule has 1 atom stereocenters. The summed E-state index contributed by atoms with van der Waals surface area (Å²) < 4.78 is 5.35. The second-order valence-electron chi connectivity index (χ2n) is 5.24. The molecule has 0 saturated carbocycles. The summed E-state index contributed by atoms with van der Waals surface area (Å²) in [7, 11) is 0. The zero-order valence-corrected chi connectivity index (χ0v) is 11.7. The molecule has 1 aliphatic heterocycles. The molecule has 4 heteroatoms. The predicted octanol–water partition coefficient (Wildman–Crippen LogP) is 3.18. The van der Waals surface area contributed by atoms with E-state index in [1.165, 1.54) is 38.6 Å². The highest BCUT2D eigenvalue weighted by atomic mass is 16.5. The molecule has 1 aliphatic rings. The van der Waals surface area contributed by atoms with Gasteiger partial charge in [0.05, 0.1) is 6.54 Å². The van der Waals surface area contributed by atoms with Gasteiger partial charge in [-0.05, 0) is 32.2 Å². The minimum absolute atomic E-state index is 0.699. The normalized spacial score (nSPS) is 21.3. The number of nitrogens with zero attached hydrogens (tertiary/aromatic N) is 3. The molecule has 1 aromatic rings. The maximum absolute atomic E-state index is 5.35. The molecule has 0 spiro atoms. The van der Waals surface area contributed by atoms with Crippen molar-refractivity contribution in [3.8, 4) is 0 Å². The lowest BCUT2D eigenvalue weighted by Crippen LogP contribution is -2.38. The van der Waals surface area contributed by atoms with E-state index in [0.29, 0.717) is 6.04 Å². The van der Waals surface area contributed by atoms with Gasteiger partial charge in [-0.1, -0.05) is 31.8 Å². The SMILES string of the molecule is CCCCc1noc(CN2CCCCC2CC)n1. The number of hydrogen-bond acceptors (Lipinski definition) is 4. The predicted molar refractivity (Wildman–Crippen MR) is 71.3 cm³/mol. The monoisotopic (exact) mass is 251 g/mol. The van der Waals surface area contributed by atoms with Gasteiger partial charge in [0.15, 0.2) is 5.82 Å². The van der Waals surface area contributed by atoms with Crippen molar-refractivity contribution in [1.82, 2.24) is 15.0 Å². The summed E-state index contributed by atoms with van der Waals surface area (Å²) in [5.74, 6) is 1.67. The molecular weight excluding hydrogens is 226 g/mol. The molecule has 18 heavy (non-hydrogen) atoms. The molecule has 0 aliphatic carbocycles. The Labute approximate surface area is 110 Å². The summed E-state index contributed by atoms with van der Waals surface area (Å²) >= 11 is 0. The summed E-state index contributed by atoms with van der Waals surface area (Å²) in [4.78, 5) is 6.99. The van der Waals surface area contributed by atoms with Gasteiger partial charge in [0, 0.05) is 12.5 Å². The van der Waals surface area contributed by atoms with Gasteiger partial charge >= 0.3 is 0 Å². The topological polar surface area (TPSA) is 42.2 Å². The Balaban J connectivity index is 1.89. The van der Waals surface area contributed by atoms with Gasteiger partial charge < -0.3 is 4.52 Å². The van der Waals surface area contributed by atoms with E-state index in [4.69, 9.17) is 4.52 Å². The first-order valence-corrected chi connectivity index (χ1v) is 7.39. The minimum Gasteiger partial charge on any atom is -0.338 e. The van der Waals surface area contributed by atoms with E-state index >= 15 is 0 Å². The molecule has 0 amide bonds. The first-order valence-electron chi connectivity index (χ1n) is 7.39. The molecule has 102 valence electrons. The fourth-order valence-electron chi connectivity index (χ4n) is 2.70. The number of aryl methyl sites for hydroxylation is 1. The second-order valence-corrected chi connectivity index (χ2v) is 5.24. The number of piperidine rings is 1. The average molecular weight is 251 g/mol. The highest BCUT2D eigenvalue weighted by molar-refractivity contribution is 4.88. The van der Waals surface area contributed by atoms with Crippen LogP contribution in [0.15, 0.2) is 4.52 Å². The summed E-state index contributed by atoms with van der Waals surface area (Å²) in [5.41, 5.74) is 0. The molecule has 2 rings (SSSR count). The molecule has 1 fully saturated rings. The number of hydrogen-bond donors (Lipinski definition) is 0. The summed E-state index contributed by atoms with van der Waals surface area (Å²) in [6, 6.07) is 0.699. The van der Waals surface area contributed by atoms with Crippen LogP contribution in [0.1, 0.15) is 64.1 Å². The Bertz CT molecular complexity index is 351. The van der Waals surface area contributed by atoms with E-state index in [2.05, 4.69) is 28.9 Å². The number of aromatic nitrogens is 2. The van der Waals surface area contributed by atoms with Gasteiger partial charge in [0.1, 0.15) is 0 Å². The Kier molecular flexibility index (Phi) is 5.17. The second kappa shape index (κ2) is 6.88. The minimum atomic E-state index is 0.699. The first kappa shape index (κ1) is 13.5. The fraction of sp³-hybridized carbons (Fsp3) is 0.857. The van der Waals surface area contributed by atoms with E-state index in [1.807, 2.05) is 0 Å². The molecule has 0 bridgehead atoms. The van der Waals surface area contributed by atoms with Crippen LogP contribution in [-0.2, 0) is 13.0 Å². The zero-order valence-electron chi connectivity index (χ0n) is 11.7. The maximum atomic E-state index is 5.35. The number of rotatable bonds is 6. The smallest absolute Gasteiger partial charge is 0.240 e. The van der Waals surface area contributed by atoms with Gasteiger partial charge in [-0.3, -0.25) is 4.90 Å². The Hall–Kier alpha value is -0.900. The van der Waals surface area contributed by atoms with Gasteiger partial charge in [0.2, 0.25) is 5.89 Å². The van der Waals surface area contributed by atoms with Crippen molar-refractivity contribution >= 4 is 0 Å². The van der Waals surface area contributed by atoms with E-state index in [9.17, 15) is 0 Å². The van der Waals surface area contributed by atoms with Gasteiger partial charge in [-0.15, -0.1) is 0 Å². The van der Waals surface area contributed by atoms with Crippen molar-refractivity contribution in [3.63, 3.8) is 0 Å². The Morgan fingerprint density at radius 3 is 3.00 bits per heavy atom. The maximum Gasteiger partial charge on any atom is 0.240 e. The van der Waals surface area contributed by atoms with Crippen LogP contribution >= 0.6 is 0 Å². The fourth-order valence-corrected chi connectivity index (χ4v) is 2.70. The number of unbranched alkanes of at least 4 members (excludes halogenated alkanes) is 1. The third kappa shape index (κ3) is 3.55. The third-order valence-electron chi connectivity index (χ3n) is 3.82. The lowest BCUT2D eigenvalue weighted by atomic mass is 10.0. The molecular formula is C14H25N3O. The summed E-state index contributed by atoms with van der Waals surface area (Å²) in [6.45, 7) is 6.45. The van der Waals surface area contributed by atoms with Crippen LogP contribution in [0.5, 0.6) is 0 Å². The quantitative estimate of drug-likeness (QED) is 0.778. The summed E-state index contributed by atoms with van der Waals surface area (Å²) in [6.07, 6.45) is 8.45. The van der Waals surface area contributed by atoms with E-state index < -0.39 is 0 Å². The van der Waals surface area contributed by atoms with Crippen LogP contribution in [0.3, 0.4) is 0 Å². The first-order chi connectivity index (χ1) is 8.83. The molecule has 0 N–H and O–H groups in total.